The van der Waals surface area contributed by atoms with Crippen LogP contribution in [0.4, 0.5) is 0 Å². The molecule has 1 rings (SSSR count). The number of carbonyl (C=O) groups excluding carboxylic acids is 1. The number of aryl methyl sites for hydroxylation is 1. The maximum absolute atomic E-state index is 11.6. The van der Waals surface area contributed by atoms with Gasteiger partial charge in [0.25, 0.3) is 0 Å². The molecule has 0 spiro atoms. The third-order valence-corrected chi connectivity index (χ3v) is 3.05. The highest BCUT2D eigenvalue weighted by Gasteiger charge is 2.15. The van der Waals surface area contributed by atoms with Gasteiger partial charge < -0.3 is 4.74 Å². The molecule has 1 aromatic rings. The number of carbonyl (C=O) groups is 1. The Hall–Kier alpha value is -1.53. The van der Waals surface area contributed by atoms with Crippen LogP contribution in [0.3, 0.4) is 0 Å². The van der Waals surface area contributed by atoms with E-state index in [0.717, 1.165) is 23.1 Å². The quantitative estimate of drug-likeness (QED) is 0.607. The van der Waals surface area contributed by atoms with Crippen molar-refractivity contribution in [1.29, 1.82) is 5.26 Å². The fourth-order valence-electron chi connectivity index (χ4n) is 1.88. The minimum Gasteiger partial charge on any atom is -0.466 e. The predicted octanol–water partition coefficient (Wildman–Crippen LogP) is 2.97. The van der Waals surface area contributed by atoms with Crippen LogP contribution in [0.15, 0.2) is 12.1 Å². The smallest absolute Gasteiger partial charge is 0.310 e. The first-order valence-corrected chi connectivity index (χ1v) is 6.46. The second kappa shape index (κ2) is 7.03. The van der Waals surface area contributed by atoms with E-state index in [4.69, 9.17) is 16.3 Å². The maximum Gasteiger partial charge on any atom is 0.310 e. The molecule has 0 atom stereocenters. The molecule has 0 bridgehead atoms. The molecule has 96 valence electrons. The number of rotatable bonds is 5. The number of ether oxygens (including phenoxy) is 1. The van der Waals surface area contributed by atoms with Crippen LogP contribution in [0.5, 0.6) is 0 Å². The van der Waals surface area contributed by atoms with E-state index in [1.807, 2.05) is 19.1 Å². The lowest BCUT2D eigenvalue weighted by Gasteiger charge is -2.12. The second-order valence-electron chi connectivity index (χ2n) is 3.82. The molecule has 0 fully saturated rings. The van der Waals surface area contributed by atoms with Gasteiger partial charge in [-0.25, -0.2) is 0 Å². The van der Waals surface area contributed by atoms with Gasteiger partial charge in [-0.15, -0.1) is 11.6 Å². The normalized spacial score (nSPS) is 9.89. The number of hydrogen-bond acceptors (Lipinski definition) is 3. The Bertz CT molecular complexity index is 477. The molecule has 0 aliphatic rings. The molecule has 0 amide bonds. The van der Waals surface area contributed by atoms with E-state index in [1.54, 1.807) is 6.92 Å². The van der Waals surface area contributed by atoms with Crippen molar-refractivity contribution in [1.82, 2.24) is 0 Å². The molecule has 0 saturated heterocycles. The van der Waals surface area contributed by atoms with Crippen molar-refractivity contribution in [2.75, 3.05) is 6.61 Å². The third kappa shape index (κ3) is 3.24. The molecule has 1 aromatic carbocycles. The minimum atomic E-state index is -0.310. The van der Waals surface area contributed by atoms with Gasteiger partial charge in [0.2, 0.25) is 0 Å². The van der Waals surface area contributed by atoms with Crippen LogP contribution in [-0.4, -0.2) is 12.6 Å². The van der Waals surface area contributed by atoms with Gasteiger partial charge in [-0.3, -0.25) is 4.79 Å². The lowest BCUT2D eigenvalue weighted by atomic mass is 9.93. The summed E-state index contributed by atoms with van der Waals surface area (Å²) in [6, 6.07) is 5.92. The summed E-state index contributed by atoms with van der Waals surface area (Å²) in [6.45, 7) is 4.10. The van der Waals surface area contributed by atoms with Crippen molar-refractivity contribution in [2.24, 2.45) is 0 Å². The predicted molar refractivity (Wildman–Crippen MR) is 70.4 cm³/mol. The van der Waals surface area contributed by atoms with Gasteiger partial charge in [0.15, 0.2) is 0 Å². The van der Waals surface area contributed by atoms with Gasteiger partial charge in [-0.2, -0.15) is 5.26 Å². The number of alkyl halides is 1. The first-order chi connectivity index (χ1) is 8.67. The summed E-state index contributed by atoms with van der Waals surface area (Å²) in [5.41, 5.74) is 3.01. The monoisotopic (exact) mass is 265 g/mol. The Labute approximate surface area is 112 Å². The average molecular weight is 266 g/mol. The van der Waals surface area contributed by atoms with E-state index in [1.165, 1.54) is 0 Å². The summed E-state index contributed by atoms with van der Waals surface area (Å²) in [4.78, 5) is 11.6. The molecule has 3 nitrogen and oxygen atoms in total. The molecular weight excluding hydrogens is 250 g/mol. The topological polar surface area (TPSA) is 50.1 Å². The van der Waals surface area contributed by atoms with E-state index in [9.17, 15) is 10.1 Å². The van der Waals surface area contributed by atoms with Gasteiger partial charge in [0.1, 0.15) is 0 Å². The number of esters is 1. The lowest BCUT2D eigenvalue weighted by molar-refractivity contribution is -0.142. The standard InChI is InChI=1S/C14H16ClNO2/c1-3-10-5-6-11(8-15)13(9-16)12(10)7-14(17)18-4-2/h5-6H,3-4,7-8H2,1-2H3. The molecule has 0 N–H and O–H groups in total. The Morgan fingerprint density at radius 2 is 2.06 bits per heavy atom. The number of nitriles is 1. The molecule has 4 heteroatoms. The van der Waals surface area contributed by atoms with Crippen LogP contribution in [0.25, 0.3) is 0 Å². The lowest BCUT2D eigenvalue weighted by Crippen LogP contribution is -2.11. The van der Waals surface area contributed by atoms with Gasteiger partial charge in [0.05, 0.1) is 24.7 Å². The van der Waals surface area contributed by atoms with Gasteiger partial charge in [-0.1, -0.05) is 19.1 Å². The first kappa shape index (κ1) is 14.5. The molecule has 0 heterocycles. The third-order valence-electron chi connectivity index (χ3n) is 2.76. The van der Waals surface area contributed by atoms with Crippen molar-refractivity contribution < 1.29 is 9.53 Å². The number of nitrogens with zero attached hydrogens (tertiary/aromatic N) is 1. The summed E-state index contributed by atoms with van der Waals surface area (Å²) in [7, 11) is 0. The van der Waals surface area contributed by atoms with Gasteiger partial charge in [0, 0.05) is 5.88 Å². The van der Waals surface area contributed by atoms with Crippen LogP contribution in [0, 0.1) is 11.3 Å². The van der Waals surface area contributed by atoms with Crippen molar-refractivity contribution in [3.63, 3.8) is 0 Å². The summed E-state index contributed by atoms with van der Waals surface area (Å²) in [6.07, 6.45) is 0.899. The number of hydrogen-bond donors (Lipinski definition) is 0. The second-order valence-corrected chi connectivity index (χ2v) is 4.09. The Balaban J connectivity index is 3.20. The van der Waals surface area contributed by atoms with Crippen molar-refractivity contribution in [3.05, 3.63) is 34.4 Å². The van der Waals surface area contributed by atoms with Crippen LogP contribution in [0.1, 0.15) is 36.1 Å². The number of halogens is 1. The van der Waals surface area contributed by atoms with Gasteiger partial charge >= 0.3 is 5.97 Å². The van der Waals surface area contributed by atoms with Crippen LogP contribution in [0.2, 0.25) is 0 Å². The zero-order chi connectivity index (χ0) is 13.5. The van der Waals surface area contributed by atoms with Crippen molar-refractivity contribution in [3.8, 4) is 6.07 Å². The fourth-order valence-corrected chi connectivity index (χ4v) is 2.10. The Morgan fingerprint density at radius 1 is 1.39 bits per heavy atom. The van der Waals surface area contributed by atoms with Gasteiger partial charge in [-0.05, 0) is 30.0 Å². The zero-order valence-corrected chi connectivity index (χ0v) is 11.4. The van der Waals surface area contributed by atoms with E-state index < -0.39 is 0 Å². The fraction of sp³-hybridized carbons (Fsp3) is 0.429. The van der Waals surface area contributed by atoms with Crippen molar-refractivity contribution >= 4 is 17.6 Å². The maximum atomic E-state index is 11.6. The van der Waals surface area contributed by atoms with E-state index >= 15 is 0 Å². The van der Waals surface area contributed by atoms with Crippen molar-refractivity contribution in [2.45, 2.75) is 32.6 Å². The van der Waals surface area contributed by atoms with E-state index in [-0.39, 0.29) is 18.3 Å². The SMILES string of the molecule is CCOC(=O)Cc1c(CC)ccc(CCl)c1C#N. The molecule has 0 aliphatic heterocycles. The summed E-state index contributed by atoms with van der Waals surface area (Å²) < 4.78 is 4.94. The van der Waals surface area contributed by atoms with Crippen LogP contribution in [-0.2, 0) is 28.3 Å². The molecule has 18 heavy (non-hydrogen) atoms. The van der Waals surface area contributed by atoms with Crippen LogP contribution >= 0.6 is 11.6 Å². The average Bonchev–Trinajstić information content (AvgIpc) is 2.38. The van der Waals surface area contributed by atoms with E-state index in [2.05, 4.69) is 6.07 Å². The molecule has 0 saturated carbocycles. The molecule has 0 aliphatic carbocycles. The first-order valence-electron chi connectivity index (χ1n) is 5.93. The summed E-state index contributed by atoms with van der Waals surface area (Å²) >= 11 is 5.81. The largest absolute Gasteiger partial charge is 0.466 e. The van der Waals surface area contributed by atoms with Crippen LogP contribution < -0.4 is 0 Å². The Kier molecular flexibility index (Phi) is 5.67. The molecule has 0 aromatic heterocycles. The zero-order valence-electron chi connectivity index (χ0n) is 10.6. The minimum absolute atomic E-state index is 0.130. The van der Waals surface area contributed by atoms with E-state index in [0.29, 0.717) is 12.2 Å². The Morgan fingerprint density at radius 3 is 2.56 bits per heavy atom. The highest BCUT2D eigenvalue weighted by Crippen LogP contribution is 2.22. The molecule has 0 radical (unpaired) electrons. The summed E-state index contributed by atoms with van der Waals surface area (Å²) in [5, 5.41) is 9.23. The molecular formula is C14H16ClNO2. The highest BCUT2D eigenvalue weighted by atomic mass is 35.5. The molecule has 0 unspecified atom stereocenters. The number of benzene rings is 1. The summed E-state index contributed by atoms with van der Waals surface area (Å²) in [5.74, 6) is -0.0432. The highest BCUT2D eigenvalue weighted by molar-refractivity contribution is 6.17.